The minimum atomic E-state index is -0.728. The van der Waals surface area contributed by atoms with Gasteiger partial charge in [0.05, 0.1) is 13.2 Å². The first-order valence-corrected chi connectivity index (χ1v) is 5.41. The molecule has 0 aromatic heterocycles. The molecule has 1 unspecified atom stereocenters. The van der Waals surface area contributed by atoms with Crippen molar-refractivity contribution in [2.24, 2.45) is 5.73 Å². The summed E-state index contributed by atoms with van der Waals surface area (Å²) in [4.78, 5) is 10.9. The molecule has 1 atom stereocenters. The van der Waals surface area contributed by atoms with Crippen LogP contribution in [0.2, 0.25) is 0 Å². The molecule has 94 valence electrons. The van der Waals surface area contributed by atoms with Crippen molar-refractivity contribution in [3.63, 3.8) is 0 Å². The average molecular weight is 239 g/mol. The number of carbonyl (C=O) groups is 1. The van der Waals surface area contributed by atoms with Gasteiger partial charge in [0, 0.05) is 0 Å². The molecule has 0 saturated carbocycles. The van der Waals surface area contributed by atoms with Crippen LogP contribution in [0.15, 0.2) is 18.2 Å². The Morgan fingerprint density at radius 1 is 1.47 bits per heavy atom. The third kappa shape index (κ3) is 3.64. The van der Waals surface area contributed by atoms with E-state index in [4.69, 9.17) is 20.3 Å². The van der Waals surface area contributed by atoms with Gasteiger partial charge in [-0.05, 0) is 31.5 Å². The zero-order chi connectivity index (χ0) is 12.8. The van der Waals surface area contributed by atoms with Gasteiger partial charge in [0.15, 0.2) is 17.6 Å². The normalized spacial score (nSPS) is 11.9. The number of primary amides is 1. The van der Waals surface area contributed by atoms with Crippen LogP contribution in [0.25, 0.3) is 0 Å². The molecule has 0 fully saturated rings. The number of nitrogens with two attached hydrogens (primary N) is 1. The molecule has 0 radical (unpaired) electrons. The van der Waals surface area contributed by atoms with Gasteiger partial charge in [0.2, 0.25) is 0 Å². The molecular formula is C12H17NO4. The highest BCUT2D eigenvalue weighted by atomic mass is 16.5. The van der Waals surface area contributed by atoms with Gasteiger partial charge >= 0.3 is 0 Å². The molecule has 0 saturated heterocycles. The van der Waals surface area contributed by atoms with Crippen molar-refractivity contribution in [3.05, 3.63) is 23.8 Å². The number of hydrogen-bond acceptors (Lipinski definition) is 4. The summed E-state index contributed by atoms with van der Waals surface area (Å²) in [7, 11) is 0. The Morgan fingerprint density at radius 2 is 2.18 bits per heavy atom. The van der Waals surface area contributed by atoms with Crippen molar-refractivity contribution in [1.82, 2.24) is 0 Å². The second-order valence-corrected chi connectivity index (χ2v) is 3.53. The molecule has 1 aromatic carbocycles. The van der Waals surface area contributed by atoms with Gasteiger partial charge in [0.25, 0.3) is 5.91 Å². The molecule has 0 aliphatic heterocycles. The summed E-state index contributed by atoms with van der Waals surface area (Å²) >= 11 is 0. The molecule has 5 nitrogen and oxygen atoms in total. The second-order valence-electron chi connectivity index (χ2n) is 3.53. The number of aliphatic hydroxyl groups is 1. The van der Waals surface area contributed by atoms with E-state index in [1.165, 1.54) is 0 Å². The number of hydrogen-bond donors (Lipinski definition) is 2. The third-order valence-electron chi connectivity index (χ3n) is 2.19. The maximum Gasteiger partial charge on any atom is 0.258 e. The molecule has 0 aliphatic rings. The first kappa shape index (κ1) is 13.3. The van der Waals surface area contributed by atoms with Crippen LogP contribution in [0.4, 0.5) is 0 Å². The third-order valence-corrected chi connectivity index (χ3v) is 2.19. The molecular weight excluding hydrogens is 222 g/mol. The lowest BCUT2D eigenvalue weighted by molar-refractivity contribution is -0.124. The summed E-state index contributed by atoms with van der Waals surface area (Å²) in [5, 5.41) is 9.02. The Morgan fingerprint density at radius 3 is 2.71 bits per heavy atom. The zero-order valence-electron chi connectivity index (χ0n) is 9.97. The van der Waals surface area contributed by atoms with Crippen LogP contribution < -0.4 is 15.2 Å². The molecule has 0 bridgehead atoms. The highest BCUT2D eigenvalue weighted by molar-refractivity contribution is 5.78. The van der Waals surface area contributed by atoms with E-state index in [2.05, 4.69) is 0 Å². The van der Waals surface area contributed by atoms with E-state index >= 15 is 0 Å². The minimum Gasteiger partial charge on any atom is -0.490 e. The van der Waals surface area contributed by atoms with Crippen LogP contribution >= 0.6 is 0 Å². The molecule has 1 amide bonds. The average Bonchev–Trinajstić information content (AvgIpc) is 2.31. The Hall–Kier alpha value is -1.75. The smallest absolute Gasteiger partial charge is 0.258 e. The maximum absolute atomic E-state index is 10.9. The standard InChI is InChI=1S/C12H17NO4/c1-3-16-11-6-9(7-14)4-5-10(11)17-8(2)12(13)15/h4-6,8,14H,3,7H2,1-2H3,(H2,13,15). The SMILES string of the molecule is CCOc1cc(CO)ccc1OC(C)C(N)=O. The van der Waals surface area contributed by atoms with Crippen molar-refractivity contribution in [1.29, 1.82) is 0 Å². The second kappa shape index (κ2) is 6.10. The summed E-state index contributed by atoms with van der Waals surface area (Å²) in [5.41, 5.74) is 5.83. The monoisotopic (exact) mass is 239 g/mol. The molecule has 1 aromatic rings. The lowest BCUT2D eigenvalue weighted by Gasteiger charge is -2.15. The highest BCUT2D eigenvalue weighted by Crippen LogP contribution is 2.29. The number of aliphatic hydroxyl groups excluding tert-OH is 1. The minimum absolute atomic E-state index is 0.0777. The highest BCUT2D eigenvalue weighted by Gasteiger charge is 2.14. The molecule has 5 heteroatoms. The van der Waals surface area contributed by atoms with E-state index in [0.29, 0.717) is 23.7 Å². The van der Waals surface area contributed by atoms with Gasteiger partial charge in [-0.1, -0.05) is 6.07 Å². The van der Waals surface area contributed by atoms with Gasteiger partial charge < -0.3 is 20.3 Å². The summed E-state index contributed by atoms with van der Waals surface area (Å²) < 4.78 is 10.7. The van der Waals surface area contributed by atoms with Gasteiger partial charge in [-0.15, -0.1) is 0 Å². The fourth-order valence-electron chi connectivity index (χ4n) is 1.27. The Labute approximate surface area is 100 Å². The number of benzene rings is 1. The van der Waals surface area contributed by atoms with Crippen molar-refractivity contribution in [2.75, 3.05) is 6.61 Å². The van der Waals surface area contributed by atoms with Gasteiger partial charge in [0.1, 0.15) is 0 Å². The first-order valence-electron chi connectivity index (χ1n) is 5.41. The molecule has 17 heavy (non-hydrogen) atoms. The molecule has 0 spiro atoms. The van der Waals surface area contributed by atoms with Crippen LogP contribution in [-0.2, 0) is 11.4 Å². The largest absolute Gasteiger partial charge is 0.490 e. The molecule has 1 rings (SSSR count). The summed E-state index contributed by atoms with van der Waals surface area (Å²) in [6.07, 6.45) is -0.728. The zero-order valence-corrected chi connectivity index (χ0v) is 9.97. The fraction of sp³-hybridized carbons (Fsp3) is 0.417. The number of carbonyl (C=O) groups excluding carboxylic acids is 1. The van der Waals surface area contributed by atoms with E-state index in [0.717, 1.165) is 0 Å². The van der Waals surface area contributed by atoms with E-state index < -0.39 is 12.0 Å². The van der Waals surface area contributed by atoms with Gasteiger partial charge in [-0.25, -0.2) is 0 Å². The molecule has 0 heterocycles. The maximum atomic E-state index is 10.9. The van der Waals surface area contributed by atoms with E-state index in [9.17, 15) is 4.79 Å². The van der Waals surface area contributed by atoms with E-state index in [1.807, 2.05) is 6.92 Å². The quantitative estimate of drug-likeness (QED) is 0.770. The van der Waals surface area contributed by atoms with Crippen molar-refractivity contribution in [3.8, 4) is 11.5 Å². The van der Waals surface area contributed by atoms with Gasteiger partial charge in [-0.2, -0.15) is 0 Å². The lowest BCUT2D eigenvalue weighted by Crippen LogP contribution is -2.30. The molecule has 3 N–H and O–H groups in total. The van der Waals surface area contributed by atoms with E-state index in [-0.39, 0.29) is 6.61 Å². The van der Waals surface area contributed by atoms with Crippen LogP contribution in [0, 0.1) is 0 Å². The predicted molar refractivity (Wildman–Crippen MR) is 62.8 cm³/mol. The first-order chi connectivity index (χ1) is 8.08. The van der Waals surface area contributed by atoms with Crippen molar-refractivity contribution >= 4 is 5.91 Å². The Balaban J connectivity index is 2.93. The van der Waals surface area contributed by atoms with Crippen LogP contribution in [0.3, 0.4) is 0 Å². The fourth-order valence-corrected chi connectivity index (χ4v) is 1.27. The van der Waals surface area contributed by atoms with Crippen molar-refractivity contribution in [2.45, 2.75) is 26.6 Å². The Bertz CT molecular complexity index is 392. The van der Waals surface area contributed by atoms with Crippen LogP contribution in [0.5, 0.6) is 11.5 Å². The van der Waals surface area contributed by atoms with Gasteiger partial charge in [-0.3, -0.25) is 4.79 Å². The lowest BCUT2D eigenvalue weighted by atomic mass is 10.2. The summed E-state index contributed by atoms with van der Waals surface area (Å²) in [5.74, 6) is 0.390. The topological polar surface area (TPSA) is 81.8 Å². The number of amides is 1. The number of rotatable bonds is 6. The predicted octanol–water partition coefficient (Wildman–Crippen LogP) is 0.830. The van der Waals surface area contributed by atoms with Crippen LogP contribution in [-0.4, -0.2) is 23.7 Å². The number of ether oxygens (including phenoxy) is 2. The van der Waals surface area contributed by atoms with E-state index in [1.54, 1.807) is 25.1 Å². The molecule has 0 aliphatic carbocycles. The van der Waals surface area contributed by atoms with Crippen molar-refractivity contribution < 1.29 is 19.4 Å². The van der Waals surface area contributed by atoms with Crippen LogP contribution in [0.1, 0.15) is 19.4 Å². The Kier molecular flexibility index (Phi) is 4.78. The summed E-state index contributed by atoms with van der Waals surface area (Å²) in [6.45, 7) is 3.80. The summed E-state index contributed by atoms with van der Waals surface area (Å²) in [6, 6.07) is 5.02.